The molecule has 158 valence electrons. The van der Waals surface area contributed by atoms with E-state index in [0.717, 1.165) is 5.56 Å². The maximum absolute atomic E-state index is 12.5. The van der Waals surface area contributed by atoms with E-state index in [1.165, 1.54) is 36.4 Å². The molecule has 31 heavy (non-hydrogen) atoms. The zero-order valence-electron chi connectivity index (χ0n) is 16.4. The molecule has 2 aromatic carbocycles. The van der Waals surface area contributed by atoms with E-state index in [1.807, 2.05) is 0 Å². The fourth-order valence-electron chi connectivity index (χ4n) is 2.87. The van der Waals surface area contributed by atoms with E-state index in [2.05, 4.69) is 10.6 Å². The minimum absolute atomic E-state index is 0.132. The molecule has 0 saturated carbocycles. The number of hydrogen-bond donors (Lipinski definition) is 2. The third-order valence-electron chi connectivity index (χ3n) is 4.57. The van der Waals surface area contributed by atoms with E-state index in [-0.39, 0.29) is 39.3 Å². The third-order valence-corrected chi connectivity index (χ3v) is 4.78. The van der Waals surface area contributed by atoms with Gasteiger partial charge in [0.15, 0.2) is 10.9 Å². The Hall–Kier alpha value is -4.12. The number of carbonyl (C=O) groups excluding carboxylic acids is 1. The van der Waals surface area contributed by atoms with Gasteiger partial charge in [-0.1, -0.05) is 18.2 Å². The smallest absolute Gasteiger partial charge is 0.293 e. The van der Waals surface area contributed by atoms with Gasteiger partial charge in [0.25, 0.3) is 17.3 Å². The minimum Gasteiger partial charge on any atom is -0.451 e. The number of nitro benzene ring substituents is 2. The largest absolute Gasteiger partial charge is 0.451 e. The molecule has 0 aliphatic rings. The van der Waals surface area contributed by atoms with Gasteiger partial charge >= 0.3 is 0 Å². The summed E-state index contributed by atoms with van der Waals surface area (Å²) < 4.78 is 5.47. The van der Waals surface area contributed by atoms with Crippen LogP contribution < -0.4 is 10.6 Å². The molecule has 0 aliphatic carbocycles. The van der Waals surface area contributed by atoms with Gasteiger partial charge in [0.1, 0.15) is 11.4 Å². The first-order chi connectivity index (χ1) is 14.7. The van der Waals surface area contributed by atoms with Gasteiger partial charge in [0.2, 0.25) is 0 Å². The number of rotatable bonds is 5. The first-order valence-corrected chi connectivity index (χ1v) is 9.30. The van der Waals surface area contributed by atoms with Crippen LogP contribution in [-0.4, -0.2) is 20.9 Å². The van der Waals surface area contributed by atoms with Crippen molar-refractivity contribution in [1.82, 2.24) is 5.32 Å². The lowest BCUT2D eigenvalue weighted by Crippen LogP contribution is -2.34. The maximum atomic E-state index is 12.5. The summed E-state index contributed by atoms with van der Waals surface area (Å²) >= 11 is 5.12. The summed E-state index contributed by atoms with van der Waals surface area (Å²) in [4.78, 5) is 33.9. The molecular formula is C20H16N4O6S. The number of aryl methyl sites for hydroxylation is 1. The Morgan fingerprint density at radius 1 is 0.968 bits per heavy atom. The second-order valence-corrected chi connectivity index (χ2v) is 6.91. The highest BCUT2D eigenvalue weighted by molar-refractivity contribution is 7.80. The number of para-hydroxylation sites is 1. The van der Waals surface area contributed by atoms with Gasteiger partial charge in [-0.3, -0.25) is 30.3 Å². The number of benzene rings is 2. The van der Waals surface area contributed by atoms with Crippen molar-refractivity contribution >= 4 is 40.3 Å². The third kappa shape index (κ3) is 4.56. The standard InChI is InChI=1S/C20H16N4O6S/c1-11-7-8-15(24(28)29)18(12(11)2)21-20(31)22-19(25)17-10-9-16(30-17)13-5-3-4-6-14(13)23(26)27/h3-10H,1-2H3,(H2,21,22,25,31). The molecule has 0 fully saturated rings. The average Bonchev–Trinajstić information content (AvgIpc) is 3.21. The number of nitrogens with one attached hydrogen (secondary N) is 2. The Morgan fingerprint density at radius 2 is 1.65 bits per heavy atom. The molecule has 0 unspecified atom stereocenters. The molecule has 1 amide bonds. The molecule has 3 aromatic rings. The average molecular weight is 440 g/mol. The molecule has 0 spiro atoms. The monoisotopic (exact) mass is 440 g/mol. The Balaban J connectivity index is 1.79. The van der Waals surface area contributed by atoms with Gasteiger partial charge in [0, 0.05) is 12.1 Å². The fraction of sp³-hybridized carbons (Fsp3) is 0.100. The van der Waals surface area contributed by atoms with Crippen molar-refractivity contribution in [1.29, 1.82) is 0 Å². The number of hydrogen-bond acceptors (Lipinski definition) is 7. The van der Waals surface area contributed by atoms with Crippen LogP contribution in [0.25, 0.3) is 11.3 Å². The fourth-order valence-corrected chi connectivity index (χ4v) is 3.06. The Kier molecular flexibility index (Phi) is 6.07. The van der Waals surface area contributed by atoms with E-state index in [9.17, 15) is 25.0 Å². The van der Waals surface area contributed by atoms with E-state index in [0.29, 0.717) is 5.56 Å². The summed E-state index contributed by atoms with van der Waals surface area (Å²) in [6.45, 7) is 3.49. The molecule has 0 atom stereocenters. The van der Waals surface area contributed by atoms with Crippen LogP contribution in [0.2, 0.25) is 0 Å². The molecule has 11 heteroatoms. The number of nitro groups is 2. The lowest BCUT2D eigenvalue weighted by Gasteiger charge is -2.13. The van der Waals surface area contributed by atoms with Crippen molar-refractivity contribution in [2.24, 2.45) is 0 Å². The van der Waals surface area contributed by atoms with Gasteiger partial charge < -0.3 is 9.73 Å². The first kappa shape index (κ1) is 21.6. The zero-order valence-corrected chi connectivity index (χ0v) is 17.2. The molecular weight excluding hydrogens is 424 g/mol. The summed E-state index contributed by atoms with van der Waals surface area (Å²) in [6.07, 6.45) is 0. The summed E-state index contributed by atoms with van der Waals surface area (Å²) in [6, 6.07) is 11.7. The number of amides is 1. The lowest BCUT2D eigenvalue weighted by molar-refractivity contribution is -0.384. The molecule has 0 radical (unpaired) electrons. The molecule has 10 nitrogen and oxygen atoms in total. The van der Waals surface area contributed by atoms with Crippen LogP contribution in [-0.2, 0) is 0 Å². The molecule has 3 rings (SSSR count). The second kappa shape index (κ2) is 8.71. The van der Waals surface area contributed by atoms with Gasteiger partial charge in [-0.25, -0.2) is 0 Å². The van der Waals surface area contributed by atoms with Crippen LogP contribution in [0.3, 0.4) is 0 Å². The molecule has 0 saturated heterocycles. The zero-order chi connectivity index (χ0) is 22.7. The maximum Gasteiger partial charge on any atom is 0.293 e. The second-order valence-electron chi connectivity index (χ2n) is 6.51. The Morgan fingerprint density at radius 3 is 2.32 bits per heavy atom. The molecule has 1 heterocycles. The quantitative estimate of drug-likeness (QED) is 0.335. The summed E-state index contributed by atoms with van der Waals surface area (Å²) in [5.41, 5.74) is 1.47. The normalized spacial score (nSPS) is 10.4. The van der Waals surface area contributed by atoms with Crippen molar-refractivity contribution in [3.05, 3.63) is 85.6 Å². The van der Waals surface area contributed by atoms with Gasteiger partial charge in [-0.15, -0.1) is 0 Å². The predicted molar refractivity (Wildman–Crippen MR) is 117 cm³/mol. The van der Waals surface area contributed by atoms with Crippen LogP contribution in [0.1, 0.15) is 21.7 Å². The van der Waals surface area contributed by atoms with Crippen molar-refractivity contribution < 1.29 is 19.1 Å². The van der Waals surface area contributed by atoms with Crippen LogP contribution in [0.15, 0.2) is 52.9 Å². The predicted octanol–water partition coefficient (Wildman–Crippen LogP) is 4.51. The summed E-state index contributed by atoms with van der Waals surface area (Å²) in [5, 5.41) is 27.4. The van der Waals surface area contributed by atoms with Crippen molar-refractivity contribution in [3.63, 3.8) is 0 Å². The molecule has 2 N–H and O–H groups in total. The number of anilines is 1. The summed E-state index contributed by atoms with van der Waals surface area (Å²) in [7, 11) is 0. The minimum atomic E-state index is -0.713. The molecule has 1 aromatic heterocycles. The van der Waals surface area contributed by atoms with Crippen molar-refractivity contribution in [2.45, 2.75) is 13.8 Å². The van der Waals surface area contributed by atoms with Crippen LogP contribution in [0.5, 0.6) is 0 Å². The van der Waals surface area contributed by atoms with Crippen molar-refractivity contribution in [2.75, 3.05) is 5.32 Å². The Bertz CT molecular complexity index is 1220. The lowest BCUT2D eigenvalue weighted by atomic mass is 10.1. The number of furan rings is 1. The number of carbonyl (C=O) groups is 1. The molecule has 0 aliphatic heterocycles. The van der Waals surface area contributed by atoms with Crippen LogP contribution in [0.4, 0.5) is 17.1 Å². The van der Waals surface area contributed by atoms with Gasteiger partial charge in [0.05, 0.1) is 15.4 Å². The first-order valence-electron chi connectivity index (χ1n) is 8.89. The topological polar surface area (TPSA) is 141 Å². The van der Waals surface area contributed by atoms with Gasteiger partial charge in [-0.05, 0) is 55.4 Å². The van der Waals surface area contributed by atoms with Crippen LogP contribution >= 0.6 is 12.2 Å². The molecule has 0 bridgehead atoms. The van der Waals surface area contributed by atoms with E-state index in [1.54, 1.807) is 26.0 Å². The highest BCUT2D eigenvalue weighted by atomic mass is 32.1. The van der Waals surface area contributed by atoms with Crippen molar-refractivity contribution in [3.8, 4) is 11.3 Å². The number of nitrogens with zero attached hydrogens (tertiary/aromatic N) is 2. The summed E-state index contributed by atoms with van der Waals surface area (Å²) in [5.74, 6) is -0.704. The SMILES string of the molecule is Cc1ccc([N+](=O)[O-])c(NC(=S)NC(=O)c2ccc(-c3ccccc3[N+](=O)[O-])o2)c1C. The van der Waals surface area contributed by atoms with E-state index >= 15 is 0 Å². The van der Waals surface area contributed by atoms with E-state index in [4.69, 9.17) is 16.6 Å². The highest BCUT2D eigenvalue weighted by Gasteiger charge is 2.22. The van der Waals surface area contributed by atoms with Crippen LogP contribution in [0, 0.1) is 34.1 Å². The Labute approximate surface area is 181 Å². The van der Waals surface area contributed by atoms with E-state index < -0.39 is 15.8 Å². The number of thiocarbonyl (C=S) groups is 1. The highest BCUT2D eigenvalue weighted by Crippen LogP contribution is 2.31. The van der Waals surface area contributed by atoms with Gasteiger partial charge in [-0.2, -0.15) is 0 Å².